The van der Waals surface area contributed by atoms with Crippen LogP contribution in [0.3, 0.4) is 0 Å². The summed E-state index contributed by atoms with van der Waals surface area (Å²) < 4.78 is 1.62. The van der Waals surface area contributed by atoms with Gasteiger partial charge in [0.1, 0.15) is 0 Å². The second-order valence-corrected chi connectivity index (χ2v) is 6.06. The maximum absolute atomic E-state index is 2.30. The van der Waals surface area contributed by atoms with Crippen molar-refractivity contribution in [3.8, 4) is 0 Å². The SMILES string of the molecule is CC(C)(C)[C-]1SCCCS1.[Cu+].[Li]. The average molecular weight is 246 g/mol. The van der Waals surface area contributed by atoms with Crippen LogP contribution in [0.2, 0.25) is 0 Å². The van der Waals surface area contributed by atoms with E-state index in [0.29, 0.717) is 5.41 Å². The van der Waals surface area contributed by atoms with Crippen molar-refractivity contribution in [3.63, 3.8) is 0 Å². The summed E-state index contributed by atoms with van der Waals surface area (Å²) in [6, 6.07) is 0. The Morgan fingerprint density at radius 1 is 1.08 bits per heavy atom. The summed E-state index contributed by atoms with van der Waals surface area (Å²) in [6.45, 7) is 6.90. The Bertz CT molecular complexity index is 108. The molecule has 0 nitrogen and oxygen atoms in total. The normalized spacial score (nSPS) is 19.2. The fourth-order valence-corrected chi connectivity index (χ4v) is 3.69. The molecule has 1 radical (unpaired) electrons. The van der Waals surface area contributed by atoms with Crippen LogP contribution in [0.15, 0.2) is 0 Å². The molecule has 0 unspecified atom stereocenters. The van der Waals surface area contributed by atoms with E-state index in [1.807, 2.05) is 23.5 Å². The Morgan fingerprint density at radius 3 is 1.75 bits per heavy atom. The standard InChI is InChI=1S/C8H15S2.Cu.Li/c1-8(2,3)7-9-5-4-6-10-7;;/h4-6H2,1-3H3;;/q-1;+1;. The minimum absolute atomic E-state index is 0. The molecule has 1 aliphatic rings. The third-order valence-corrected chi connectivity index (χ3v) is 4.81. The van der Waals surface area contributed by atoms with Crippen LogP contribution >= 0.6 is 23.5 Å². The molecule has 4 heteroatoms. The molecule has 0 amide bonds. The molecule has 0 aliphatic carbocycles. The van der Waals surface area contributed by atoms with Crippen molar-refractivity contribution < 1.29 is 17.1 Å². The van der Waals surface area contributed by atoms with E-state index >= 15 is 0 Å². The van der Waals surface area contributed by atoms with Crippen molar-refractivity contribution in [2.24, 2.45) is 5.41 Å². The van der Waals surface area contributed by atoms with Crippen molar-refractivity contribution in [3.05, 3.63) is 4.58 Å². The molecule has 0 atom stereocenters. The van der Waals surface area contributed by atoms with Gasteiger partial charge in [-0.05, 0) is 17.9 Å². The second-order valence-electron chi connectivity index (χ2n) is 3.59. The second kappa shape index (κ2) is 7.15. The van der Waals surface area contributed by atoms with Crippen molar-refractivity contribution >= 4 is 42.4 Å². The van der Waals surface area contributed by atoms with Crippen LogP contribution in [-0.2, 0) is 17.1 Å². The summed E-state index contributed by atoms with van der Waals surface area (Å²) in [7, 11) is 0. The zero-order chi connectivity index (χ0) is 7.61. The fourth-order valence-electron chi connectivity index (χ4n) is 0.863. The van der Waals surface area contributed by atoms with Crippen LogP contribution in [0.1, 0.15) is 27.2 Å². The number of hydrogen-bond acceptors (Lipinski definition) is 2. The van der Waals surface area contributed by atoms with E-state index < -0.39 is 0 Å². The average Bonchev–Trinajstić information content (AvgIpc) is 1.88. The number of hydrogen-bond donors (Lipinski definition) is 0. The van der Waals surface area contributed by atoms with Gasteiger partial charge in [0.25, 0.3) is 0 Å². The van der Waals surface area contributed by atoms with E-state index in [0.717, 1.165) is 0 Å². The molecule has 71 valence electrons. The zero-order valence-corrected chi connectivity index (χ0v) is 10.8. The molecule has 12 heavy (non-hydrogen) atoms. The van der Waals surface area contributed by atoms with E-state index in [-0.39, 0.29) is 35.9 Å². The Kier molecular flexibility index (Phi) is 9.69. The molecule has 1 saturated heterocycles. The summed E-state index contributed by atoms with van der Waals surface area (Å²) in [5.74, 6) is 2.67. The molecule has 0 bridgehead atoms. The fraction of sp³-hybridized carbons (Fsp3) is 0.875. The molecule has 1 fully saturated rings. The smallest absolute Gasteiger partial charge is 0.337 e. The first-order valence-corrected chi connectivity index (χ1v) is 5.71. The predicted molar refractivity (Wildman–Crippen MR) is 58.0 cm³/mol. The Labute approximate surface area is 107 Å². The van der Waals surface area contributed by atoms with E-state index in [4.69, 9.17) is 0 Å². The maximum atomic E-state index is 2.30. The topological polar surface area (TPSA) is 0 Å². The van der Waals surface area contributed by atoms with E-state index in [9.17, 15) is 0 Å². The Hall–Kier alpha value is 1.82. The van der Waals surface area contributed by atoms with Gasteiger partial charge in [-0.25, -0.2) is 0 Å². The van der Waals surface area contributed by atoms with Crippen molar-refractivity contribution in [1.82, 2.24) is 0 Å². The molecular weight excluding hydrogens is 231 g/mol. The van der Waals surface area contributed by atoms with Crippen LogP contribution in [0.4, 0.5) is 0 Å². The van der Waals surface area contributed by atoms with E-state index in [2.05, 4.69) is 20.8 Å². The van der Waals surface area contributed by atoms with Crippen LogP contribution in [0.5, 0.6) is 0 Å². The Morgan fingerprint density at radius 2 is 1.50 bits per heavy atom. The minimum Gasteiger partial charge on any atom is -0.337 e. The van der Waals surface area contributed by atoms with Gasteiger partial charge in [-0.3, -0.25) is 0 Å². The monoisotopic (exact) mass is 245 g/mol. The quantitative estimate of drug-likeness (QED) is 0.475. The van der Waals surface area contributed by atoms with Gasteiger partial charge in [-0.15, -0.1) is 5.41 Å². The summed E-state index contributed by atoms with van der Waals surface area (Å²) in [4.78, 5) is 0. The molecule has 1 rings (SSSR count). The molecule has 0 saturated carbocycles. The molecule has 0 aromatic rings. The van der Waals surface area contributed by atoms with Gasteiger partial charge < -0.3 is 23.5 Å². The summed E-state index contributed by atoms with van der Waals surface area (Å²) in [5, 5.41) is 0. The van der Waals surface area contributed by atoms with Crippen molar-refractivity contribution in [2.75, 3.05) is 11.5 Å². The van der Waals surface area contributed by atoms with Crippen LogP contribution in [-0.4, -0.2) is 30.4 Å². The van der Waals surface area contributed by atoms with Crippen LogP contribution in [0, 0.1) is 10.00 Å². The minimum atomic E-state index is 0. The van der Waals surface area contributed by atoms with Crippen LogP contribution in [0.25, 0.3) is 0 Å². The molecule has 0 aromatic carbocycles. The van der Waals surface area contributed by atoms with E-state index in [1.165, 1.54) is 17.9 Å². The third kappa shape index (κ3) is 5.53. The van der Waals surface area contributed by atoms with Gasteiger partial charge in [0.2, 0.25) is 0 Å². The van der Waals surface area contributed by atoms with Gasteiger partial charge in [-0.2, -0.15) is 4.58 Å². The summed E-state index contributed by atoms with van der Waals surface area (Å²) in [6.07, 6.45) is 1.38. The van der Waals surface area contributed by atoms with Gasteiger partial charge in [-0.1, -0.05) is 20.8 Å². The van der Waals surface area contributed by atoms with Gasteiger partial charge >= 0.3 is 17.1 Å². The molecule has 1 aliphatic heterocycles. The first-order valence-electron chi connectivity index (χ1n) is 3.74. The largest absolute Gasteiger partial charge is 1.00 e. The van der Waals surface area contributed by atoms with Crippen LogP contribution < -0.4 is 0 Å². The van der Waals surface area contributed by atoms with Gasteiger partial charge in [0.15, 0.2) is 0 Å². The number of thioether (sulfide) groups is 2. The van der Waals surface area contributed by atoms with Gasteiger partial charge in [0, 0.05) is 18.9 Å². The molecule has 0 spiro atoms. The summed E-state index contributed by atoms with van der Waals surface area (Å²) in [5.41, 5.74) is 0.412. The van der Waals surface area contributed by atoms with Gasteiger partial charge in [0.05, 0.1) is 0 Å². The van der Waals surface area contributed by atoms with Crippen molar-refractivity contribution in [2.45, 2.75) is 27.2 Å². The first kappa shape index (κ1) is 16.3. The molecular formula is C8H15CuLiS2. The van der Waals surface area contributed by atoms with Crippen molar-refractivity contribution in [1.29, 1.82) is 0 Å². The van der Waals surface area contributed by atoms with E-state index in [1.54, 1.807) is 4.58 Å². The molecule has 0 aromatic heterocycles. The molecule has 0 N–H and O–H groups in total. The summed E-state index contributed by atoms with van der Waals surface area (Å²) >= 11 is 4.10. The Balaban J connectivity index is 0. The molecule has 1 heterocycles. The predicted octanol–water partition coefficient (Wildman–Crippen LogP) is 3.01. The zero-order valence-electron chi connectivity index (χ0n) is 8.24. The first-order chi connectivity index (χ1) is 4.61. The third-order valence-electron chi connectivity index (χ3n) is 1.37. The number of rotatable bonds is 0. The maximum Gasteiger partial charge on any atom is 1.00 e.